The highest BCUT2D eigenvalue weighted by molar-refractivity contribution is 5.77. The van der Waals surface area contributed by atoms with Gasteiger partial charge >= 0.3 is 0 Å². The van der Waals surface area contributed by atoms with E-state index in [0.29, 0.717) is 24.8 Å². The summed E-state index contributed by atoms with van der Waals surface area (Å²) in [7, 11) is 0. The van der Waals surface area contributed by atoms with Gasteiger partial charge in [-0.15, -0.1) is 0 Å². The van der Waals surface area contributed by atoms with Gasteiger partial charge in [0.15, 0.2) is 6.61 Å². The second-order valence-electron chi connectivity index (χ2n) is 5.02. The van der Waals surface area contributed by atoms with Gasteiger partial charge in [0.2, 0.25) is 0 Å². The highest BCUT2D eigenvalue weighted by atomic mass is 16.5. The molecule has 0 atom stereocenters. The van der Waals surface area contributed by atoms with Gasteiger partial charge in [-0.25, -0.2) is 0 Å². The molecule has 0 aromatic heterocycles. The zero-order valence-electron chi connectivity index (χ0n) is 11.8. The van der Waals surface area contributed by atoms with Crippen LogP contribution in [0.2, 0.25) is 0 Å². The van der Waals surface area contributed by atoms with E-state index in [1.807, 2.05) is 24.3 Å². The fourth-order valence-electron chi connectivity index (χ4n) is 1.66. The largest absolute Gasteiger partial charge is 0.484 e. The molecule has 0 aliphatic heterocycles. The first kappa shape index (κ1) is 15.5. The standard InChI is InChI=1S/C15H24N2O2/c1-12(2)4-3-9-17-15(18)11-19-14-7-5-13(10-16)6-8-14/h5-8,12H,3-4,9-11,16H2,1-2H3,(H,17,18). The lowest BCUT2D eigenvalue weighted by Crippen LogP contribution is -2.29. The average molecular weight is 264 g/mol. The minimum Gasteiger partial charge on any atom is -0.484 e. The number of rotatable bonds is 8. The van der Waals surface area contributed by atoms with Crippen LogP contribution in [0.15, 0.2) is 24.3 Å². The summed E-state index contributed by atoms with van der Waals surface area (Å²) in [5.74, 6) is 1.29. The minimum atomic E-state index is -0.0772. The summed E-state index contributed by atoms with van der Waals surface area (Å²) in [4.78, 5) is 11.5. The second kappa shape index (κ2) is 8.53. The van der Waals surface area contributed by atoms with Crippen molar-refractivity contribution in [1.82, 2.24) is 5.32 Å². The molecule has 0 bridgehead atoms. The number of amides is 1. The summed E-state index contributed by atoms with van der Waals surface area (Å²) in [6.45, 7) is 5.64. The molecular weight excluding hydrogens is 240 g/mol. The lowest BCUT2D eigenvalue weighted by molar-refractivity contribution is -0.123. The van der Waals surface area contributed by atoms with Gasteiger partial charge in [-0.1, -0.05) is 26.0 Å². The molecule has 19 heavy (non-hydrogen) atoms. The maximum atomic E-state index is 11.5. The van der Waals surface area contributed by atoms with Gasteiger partial charge in [0, 0.05) is 13.1 Å². The highest BCUT2D eigenvalue weighted by Crippen LogP contribution is 2.11. The molecule has 4 heteroatoms. The zero-order valence-corrected chi connectivity index (χ0v) is 11.8. The Morgan fingerprint density at radius 1 is 1.32 bits per heavy atom. The smallest absolute Gasteiger partial charge is 0.257 e. The molecule has 106 valence electrons. The molecule has 1 rings (SSSR count). The van der Waals surface area contributed by atoms with E-state index in [4.69, 9.17) is 10.5 Å². The third kappa shape index (κ3) is 6.82. The van der Waals surface area contributed by atoms with Gasteiger partial charge in [0.05, 0.1) is 0 Å². The normalized spacial score (nSPS) is 10.5. The minimum absolute atomic E-state index is 0.0592. The molecule has 0 aliphatic rings. The topological polar surface area (TPSA) is 64.3 Å². The van der Waals surface area contributed by atoms with E-state index >= 15 is 0 Å². The van der Waals surface area contributed by atoms with Gasteiger partial charge in [-0.2, -0.15) is 0 Å². The summed E-state index contributed by atoms with van der Waals surface area (Å²) in [6.07, 6.45) is 2.14. The molecule has 0 aliphatic carbocycles. The summed E-state index contributed by atoms with van der Waals surface area (Å²) >= 11 is 0. The highest BCUT2D eigenvalue weighted by Gasteiger charge is 2.02. The number of carbonyl (C=O) groups excluding carboxylic acids is 1. The molecule has 0 radical (unpaired) electrons. The van der Waals surface area contributed by atoms with Crippen LogP contribution in [0.25, 0.3) is 0 Å². The van der Waals surface area contributed by atoms with E-state index < -0.39 is 0 Å². The molecule has 0 unspecified atom stereocenters. The Balaban J connectivity index is 2.18. The molecule has 0 saturated carbocycles. The third-order valence-electron chi connectivity index (χ3n) is 2.81. The first-order valence-electron chi connectivity index (χ1n) is 6.80. The van der Waals surface area contributed by atoms with E-state index in [-0.39, 0.29) is 12.5 Å². The van der Waals surface area contributed by atoms with Gasteiger partial charge in [0.1, 0.15) is 5.75 Å². The number of benzene rings is 1. The van der Waals surface area contributed by atoms with Crippen LogP contribution in [0.5, 0.6) is 5.75 Å². The van der Waals surface area contributed by atoms with Crippen LogP contribution in [0.3, 0.4) is 0 Å². The molecule has 3 N–H and O–H groups in total. The maximum Gasteiger partial charge on any atom is 0.257 e. The van der Waals surface area contributed by atoms with Crippen molar-refractivity contribution in [2.45, 2.75) is 33.2 Å². The second-order valence-corrected chi connectivity index (χ2v) is 5.02. The number of hydrogen-bond donors (Lipinski definition) is 2. The Bertz CT molecular complexity index is 374. The lowest BCUT2D eigenvalue weighted by atomic mass is 10.1. The van der Waals surface area contributed by atoms with Crippen LogP contribution < -0.4 is 15.8 Å². The van der Waals surface area contributed by atoms with Gasteiger partial charge in [0.25, 0.3) is 5.91 Å². The van der Waals surface area contributed by atoms with Crippen LogP contribution in [-0.4, -0.2) is 19.1 Å². The van der Waals surface area contributed by atoms with E-state index in [9.17, 15) is 4.79 Å². The van der Waals surface area contributed by atoms with Crippen LogP contribution in [0.4, 0.5) is 0 Å². The quantitative estimate of drug-likeness (QED) is 0.707. The summed E-state index contributed by atoms with van der Waals surface area (Å²) < 4.78 is 5.39. The first-order chi connectivity index (χ1) is 9.11. The molecule has 0 heterocycles. The van der Waals surface area contributed by atoms with Crippen LogP contribution >= 0.6 is 0 Å². The Hall–Kier alpha value is -1.55. The van der Waals surface area contributed by atoms with Crippen molar-refractivity contribution in [3.8, 4) is 5.75 Å². The molecule has 0 spiro atoms. The predicted octanol–water partition coefficient (Wildman–Crippen LogP) is 2.08. The van der Waals surface area contributed by atoms with Crippen molar-refractivity contribution in [1.29, 1.82) is 0 Å². The van der Waals surface area contributed by atoms with E-state index in [2.05, 4.69) is 19.2 Å². The Labute approximate surface area is 115 Å². The summed E-state index contributed by atoms with van der Waals surface area (Å²) in [5.41, 5.74) is 6.55. The number of hydrogen-bond acceptors (Lipinski definition) is 3. The van der Waals surface area contributed by atoms with E-state index in [0.717, 1.165) is 18.4 Å². The fraction of sp³-hybridized carbons (Fsp3) is 0.533. The molecule has 1 aromatic rings. The van der Waals surface area contributed by atoms with Crippen molar-refractivity contribution in [2.75, 3.05) is 13.2 Å². The molecule has 1 aromatic carbocycles. The van der Waals surface area contributed by atoms with Crippen LogP contribution in [-0.2, 0) is 11.3 Å². The fourth-order valence-corrected chi connectivity index (χ4v) is 1.66. The number of nitrogens with two attached hydrogens (primary N) is 1. The zero-order chi connectivity index (χ0) is 14.1. The van der Waals surface area contributed by atoms with Crippen molar-refractivity contribution in [2.24, 2.45) is 11.7 Å². The number of nitrogens with one attached hydrogen (secondary N) is 1. The number of carbonyl (C=O) groups is 1. The summed E-state index contributed by atoms with van der Waals surface area (Å²) in [6, 6.07) is 7.45. The summed E-state index contributed by atoms with van der Waals surface area (Å²) in [5, 5.41) is 2.85. The molecule has 4 nitrogen and oxygen atoms in total. The first-order valence-corrected chi connectivity index (χ1v) is 6.80. The Morgan fingerprint density at radius 2 is 2.00 bits per heavy atom. The van der Waals surface area contributed by atoms with Crippen molar-refractivity contribution < 1.29 is 9.53 Å². The molecule has 0 saturated heterocycles. The van der Waals surface area contributed by atoms with Crippen LogP contribution in [0.1, 0.15) is 32.3 Å². The lowest BCUT2D eigenvalue weighted by Gasteiger charge is -2.08. The molecule has 1 amide bonds. The SMILES string of the molecule is CC(C)CCCNC(=O)COc1ccc(CN)cc1. The van der Waals surface area contributed by atoms with E-state index in [1.54, 1.807) is 0 Å². The van der Waals surface area contributed by atoms with Gasteiger partial charge < -0.3 is 15.8 Å². The Kier molecular flexibility index (Phi) is 6.97. The predicted molar refractivity (Wildman–Crippen MR) is 76.9 cm³/mol. The van der Waals surface area contributed by atoms with Gasteiger partial charge in [-0.3, -0.25) is 4.79 Å². The molecular formula is C15H24N2O2. The van der Waals surface area contributed by atoms with Crippen LogP contribution in [0, 0.1) is 5.92 Å². The van der Waals surface area contributed by atoms with Crippen molar-refractivity contribution in [3.05, 3.63) is 29.8 Å². The monoisotopic (exact) mass is 264 g/mol. The van der Waals surface area contributed by atoms with Crippen molar-refractivity contribution >= 4 is 5.91 Å². The third-order valence-corrected chi connectivity index (χ3v) is 2.81. The molecule has 0 fully saturated rings. The van der Waals surface area contributed by atoms with Crippen molar-refractivity contribution in [3.63, 3.8) is 0 Å². The average Bonchev–Trinajstić information content (AvgIpc) is 2.41. The van der Waals surface area contributed by atoms with Gasteiger partial charge in [-0.05, 0) is 36.5 Å². The number of ether oxygens (including phenoxy) is 1. The Morgan fingerprint density at radius 3 is 2.58 bits per heavy atom. The van der Waals surface area contributed by atoms with E-state index in [1.165, 1.54) is 0 Å². The maximum absolute atomic E-state index is 11.5.